The lowest BCUT2D eigenvalue weighted by molar-refractivity contribution is -0.128. The van der Waals surface area contributed by atoms with E-state index in [0.717, 1.165) is 38.5 Å². The second-order valence-corrected chi connectivity index (χ2v) is 5.96. The summed E-state index contributed by atoms with van der Waals surface area (Å²) in [4.78, 5) is 11.0. The number of hydrogen-bond acceptors (Lipinski definition) is 1. The van der Waals surface area contributed by atoms with E-state index in [2.05, 4.69) is 0 Å². The van der Waals surface area contributed by atoms with Gasteiger partial charge < -0.3 is 0 Å². The van der Waals surface area contributed by atoms with Crippen molar-refractivity contribution in [3.8, 4) is 0 Å². The Labute approximate surface area is 112 Å². The summed E-state index contributed by atoms with van der Waals surface area (Å²) < 4.78 is 27.0. The van der Waals surface area contributed by atoms with Gasteiger partial charge in [-0.05, 0) is 55.1 Å². The van der Waals surface area contributed by atoms with Gasteiger partial charge in [0, 0.05) is 12.8 Å². The molecule has 3 rings (SSSR count). The maximum atomic E-state index is 13.8. The zero-order chi connectivity index (χ0) is 13.4. The molecule has 0 atom stereocenters. The molecular weight excluding hydrogens is 246 g/mol. The van der Waals surface area contributed by atoms with Crippen molar-refractivity contribution in [3.63, 3.8) is 0 Å². The molecule has 0 aliphatic heterocycles. The van der Waals surface area contributed by atoms with E-state index < -0.39 is 11.6 Å². The first-order valence-electron chi connectivity index (χ1n) is 7.10. The van der Waals surface area contributed by atoms with Crippen LogP contribution in [0.5, 0.6) is 0 Å². The minimum absolute atomic E-state index is 0.141. The van der Waals surface area contributed by atoms with Crippen molar-refractivity contribution in [2.45, 2.75) is 44.4 Å². The normalized spacial score (nSPS) is 28.2. The largest absolute Gasteiger partial charge is 0.300 e. The van der Waals surface area contributed by atoms with Crippen LogP contribution in [-0.4, -0.2) is 5.78 Å². The summed E-state index contributed by atoms with van der Waals surface area (Å²) in [6.45, 7) is 0. The monoisotopic (exact) mass is 264 g/mol. The molecule has 2 aliphatic carbocycles. The average molecular weight is 264 g/mol. The molecule has 0 radical (unpaired) electrons. The lowest BCUT2D eigenvalue weighted by atomic mass is 9.67. The Morgan fingerprint density at radius 2 is 1.63 bits per heavy atom. The Kier molecular flexibility index (Phi) is 3.38. The molecule has 2 fully saturated rings. The first-order chi connectivity index (χ1) is 9.15. The molecule has 2 aliphatic rings. The first kappa shape index (κ1) is 12.8. The third kappa shape index (κ3) is 2.43. The highest BCUT2D eigenvalue weighted by Crippen LogP contribution is 2.44. The van der Waals surface area contributed by atoms with Crippen LogP contribution in [0.3, 0.4) is 0 Å². The van der Waals surface area contributed by atoms with Crippen LogP contribution in [0.4, 0.5) is 8.78 Å². The Balaban J connectivity index is 1.63. The van der Waals surface area contributed by atoms with E-state index in [1.807, 2.05) is 0 Å². The topological polar surface area (TPSA) is 17.1 Å². The van der Waals surface area contributed by atoms with Gasteiger partial charge in [-0.3, -0.25) is 4.79 Å². The van der Waals surface area contributed by atoms with Crippen LogP contribution < -0.4 is 0 Å². The molecule has 102 valence electrons. The lowest BCUT2D eigenvalue weighted by Gasteiger charge is -2.37. The number of hydrogen-bond donors (Lipinski definition) is 0. The maximum Gasteiger partial charge on any atom is 0.162 e. The van der Waals surface area contributed by atoms with Gasteiger partial charge in [-0.1, -0.05) is 12.1 Å². The number of halogens is 2. The fourth-order valence-corrected chi connectivity index (χ4v) is 3.60. The van der Waals surface area contributed by atoms with E-state index >= 15 is 0 Å². The molecule has 0 amide bonds. The van der Waals surface area contributed by atoms with Gasteiger partial charge in [-0.15, -0.1) is 0 Å². The minimum Gasteiger partial charge on any atom is -0.300 e. The molecule has 3 heteroatoms. The fourth-order valence-electron chi connectivity index (χ4n) is 3.60. The van der Waals surface area contributed by atoms with Crippen LogP contribution >= 0.6 is 0 Å². The third-order valence-corrected chi connectivity index (χ3v) is 4.84. The molecule has 0 aromatic heterocycles. The van der Waals surface area contributed by atoms with Gasteiger partial charge in [0.2, 0.25) is 0 Å². The van der Waals surface area contributed by atoms with Gasteiger partial charge in [0.05, 0.1) is 0 Å². The third-order valence-electron chi connectivity index (χ3n) is 4.84. The molecule has 0 N–H and O–H groups in total. The molecule has 1 nitrogen and oxygen atoms in total. The summed E-state index contributed by atoms with van der Waals surface area (Å²) in [5.41, 5.74) is 0.531. The summed E-state index contributed by atoms with van der Waals surface area (Å²) in [6, 6.07) is 4.46. The van der Waals surface area contributed by atoms with Crippen LogP contribution in [0, 0.1) is 23.5 Å². The van der Waals surface area contributed by atoms with Crippen LogP contribution in [-0.2, 0) is 4.79 Å². The number of carbonyl (C=O) groups is 1. The van der Waals surface area contributed by atoms with Gasteiger partial charge in [0.15, 0.2) is 11.6 Å². The van der Waals surface area contributed by atoms with Crippen LogP contribution in [0.2, 0.25) is 0 Å². The number of ketones is 1. The summed E-state index contributed by atoms with van der Waals surface area (Å²) in [5.74, 6) is 0.274. The lowest BCUT2D eigenvalue weighted by Crippen LogP contribution is -2.32. The molecule has 0 unspecified atom stereocenters. The van der Waals surface area contributed by atoms with Crippen molar-refractivity contribution in [1.82, 2.24) is 0 Å². The van der Waals surface area contributed by atoms with E-state index in [-0.39, 0.29) is 5.92 Å². The molecule has 0 bridgehead atoms. The molecule has 0 spiro atoms. The summed E-state index contributed by atoms with van der Waals surface area (Å²) in [6.07, 6.45) is 5.38. The number of benzene rings is 1. The quantitative estimate of drug-likeness (QED) is 0.781. The minimum atomic E-state index is -0.746. The SMILES string of the molecule is O=C1CC(C2CCC(c3cccc(F)c3F)CC2)C1. The van der Waals surface area contributed by atoms with Crippen molar-refractivity contribution in [2.24, 2.45) is 11.8 Å². The summed E-state index contributed by atoms with van der Waals surface area (Å²) >= 11 is 0. The van der Waals surface area contributed by atoms with Gasteiger partial charge in [0.25, 0.3) is 0 Å². The molecule has 19 heavy (non-hydrogen) atoms. The van der Waals surface area contributed by atoms with E-state index in [9.17, 15) is 13.6 Å². The highest BCUT2D eigenvalue weighted by molar-refractivity contribution is 5.84. The Morgan fingerprint density at radius 3 is 2.26 bits per heavy atom. The number of carbonyl (C=O) groups excluding carboxylic acids is 1. The fraction of sp³-hybridized carbons (Fsp3) is 0.562. The molecule has 0 heterocycles. The smallest absolute Gasteiger partial charge is 0.162 e. The molecule has 0 saturated heterocycles. The predicted octanol–water partition coefficient (Wildman–Crippen LogP) is 4.22. The molecular formula is C16H18F2O. The maximum absolute atomic E-state index is 13.8. The van der Waals surface area contributed by atoms with Crippen molar-refractivity contribution in [3.05, 3.63) is 35.4 Å². The van der Waals surface area contributed by atoms with Gasteiger partial charge >= 0.3 is 0 Å². The summed E-state index contributed by atoms with van der Waals surface area (Å²) in [7, 11) is 0. The zero-order valence-corrected chi connectivity index (χ0v) is 10.9. The molecule has 1 aromatic rings. The van der Waals surface area contributed by atoms with Crippen molar-refractivity contribution >= 4 is 5.78 Å². The average Bonchev–Trinajstić information content (AvgIpc) is 2.39. The number of Topliss-reactive ketones (excluding diaryl/α,β-unsaturated/α-hetero) is 1. The Morgan fingerprint density at radius 1 is 0.947 bits per heavy atom. The van der Waals surface area contributed by atoms with E-state index in [1.165, 1.54) is 6.07 Å². The predicted molar refractivity (Wildman–Crippen MR) is 68.8 cm³/mol. The highest BCUT2D eigenvalue weighted by Gasteiger charge is 2.36. The Bertz CT molecular complexity index is 482. The van der Waals surface area contributed by atoms with Gasteiger partial charge in [-0.2, -0.15) is 0 Å². The van der Waals surface area contributed by atoms with Crippen LogP contribution in [0.25, 0.3) is 0 Å². The van der Waals surface area contributed by atoms with Gasteiger partial charge in [-0.25, -0.2) is 8.78 Å². The zero-order valence-electron chi connectivity index (χ0n) is 10.9. The molecule has 1 aromatic carbocycles. The van der Waals surface area contributed by atoms with Crippen LogP contribution in [0.15, 0.2) is 18.2 Å². The Hall–Kier alpha value is -1.25. The standard InChI is InChI=1S/C16H18F2O/c17-15-3-1-2-14(16(15)18)11-6-4-10(5-7-11)12-8-13(19)9-12/h1-3,10-12H,4-9H2. The van der Waals surface area contributed by atoms with Crippen molar-refractivity contribution in [1.29, 1.82) is 0 Å². The second kappa shape index (κ2) is 5.03. The molecule has 2 saturated carbocycles. The highest BCUT2D eigenvalue weighted by atomic mass is 19.2. The van der Waals surface area contributed by atoms with Crippen molar-refractivity contribution in [2.75, 3.05) is 0 Å². The number of rotatable bonds is 2. The van der Waals surface area contributed by atoms with Crippen LogP contribution in [0.1, 0.15) is 50.0 Å². The van der Waals surface area contributed by atoms with E-state index in [4.69, 9.17) is 0 Å². The van der Waals surface area contributed by atoms with Gasteiger partial charge in [0.1, 0.15) is 5.78 Å². The first-order valence-corrected chi connectivity index (χ1v) is 7.10. The van der Waals surface area contributed by atoms with E-state index in [1.54, 1.807) is 12.1 Å². The second-order valence-electron chi connectivity index (χ2n) is 5.96. The summed E-state index contributed by atoms with van der Waals surface area (Å²) in [5, 5.41) is 0. The van der Waals surface area contributed by atoms with Crippen molar-refractivity contribution < 1.29 is 13.6 Å². The van der Waals surface area contributed by atoms with E-state index in [0.29, 0.717) is 23.2 Å².